The number of amides is 1. The van der Waals surface area contributed by atoms with E-state index >= 15 is 0 Å². The number of hydrogen-bond acceptors (Lipinski definition) is 4. The predicted octanol–water partition coefficient (Wildman–Crippen LogP) is 4.65. The molecule has 0 saturated carbocycles. The number of para-hydroxylation sites is 1. The Kier molecular flexibility index (Phi) is 4.53. The Hall–Kier alpha value is -3.67. The highest BCUT2D eigenvalue weighted by atomic mass is 19.1. The fourth-order valence-electron chi connectivity index (χ4n) is 2.58. The molecular formula is C21H15FN2O3. The molecular weight excluding hydrogens is 347 g/mol. The molecule has 4 aromatic rings. The van der Waals surface area contributed by atoms with Crippen LogP contribution in [-0.4, -0.2) is 17.5 Å². The number of carbonyl (C=O) groups is 1. The number of ether oxygens (including phenoxy) is 1. The van der Waals surface area contributed by atoms with Crippen molar-refractivity contribution >= 4 is 22.7 Å². The lowest BCUT2D eigenvalue weighted by atomic mass is 10.2. The molecule has 5 nitrogen and oxygen atoms in total. The maximum atomic E-state index is 13.3. The molecule has 0 spiro atoms. The summed E-state index contributed by atoms with van der Waals surface area (Å²) in [5, 5.41) is 2.76. The quantitative estimate of drug-likeness (QED) is 0.561. The molecule has 1 heterocycles. The molecule has 1 aromatic heterocycles. The molecule has 1 N–H and O–H groups in total. The average molecular weight is 362 g/mol. The lowest BCUT2D eigenvalue weighted by molar-refractivity contribution is -0.118. The van der Waals surface area contributed by atoms with E-state index in [1.165, 1.54) is 12.1 Å². The van der Waals surface area contributed by atoms with Gasteiger partial charge in [-0.25, -0.2) is 9.37 Å². The van der Waals surface area contributed by atoms with E-state index in [-0.39, 0.29) is 18.3 Å². The summed E-state index contributed by atoms with van der Waals surface area (Å²) in [7, 11) is 0. The van der Waals surface area contributed by atoms with Gasteiger partial charge in [-0.05, 0) is 48.5 Å². The number of nitrogens with one attached hydrogen (secondary N) is 1. The van der Waals surface area contributed by atoms with Gasteiger partial charge in [0.15, 0.2) is 12.2 Å². The summed E-state index contributed by atoms with van der Waals surface area (Å²) < 4.78 is 24.3. The SMILES string of the molecule is O=C(COc1ccccc1)Nc1ccc(-c2nc3cc(F)ccc3o2)cc1. The van der Waals surface area contributed by atoms with Crippen LogP contribution in [0.15, 0.2) is 77.2 Å². The van der Waals surface area contributed by atoms with Gasteiger partial charge in [-0.15, -0.1) is 0 Å². The molecule has 3 aromatic carbocycles. The van der Waals surface area contributed by atoms with Gasteiger partial charge in [-0.2, -0.15) is 0 Å². The number of aromatic nitrogens is 1. The molecule has 0 fully saturated rings. The van der Waals surface area contributed by atoms with Crippen LogP contribution in [0.4, 0.5) is 10.1 Å². The van der Waals surface area contributed by atoms with E-state index in [0.29, 0.717) is 28.4 Å². The lowest BCUT2D eigenvalue weighted by Gasteiger charge is -2.07. The highest BCUT2D eigenvalue weighted by Crippen LogP contribution is 2.25. The largest absolute Gasteiger partial charge is 0.484 e. The highest BCUT2D eigenvalue weighted by Gasteiger charge is 2.10. The number of nitrogens with zero attached hydrogens (tertiary/aromatic N) is 1. The minimum atomic E-state index is -0.363. The lowest BCUT2D eigenvalue weighted by Crippen LogP contribution is -2.20. The molecule has 6 heteroatoms. The third kappa shape index (κ3) is 3.95. The zero-order valence-corrected chi connectivity index (χ0v) is 14.2. The van der Waals surface area contributed by atoms with E-state index in [4.69, 9.17) is 9.15 Å². The second-order valence-corrected chi connectivity index (χ2v) is 5.86. The standard InChI is InChI=1S/C21H15FN2O3/c22-15-8-11-19-18(12-15)24-21(27-19)14-6-9-16(10-7-14)23-20(25)13-26-17-4-2-1-3-5-17/h1-12H,13H2,(H,23,25). The van der Waals surface area contributed by atoms with E-state index in [0.717, 1.165) is 5.56 Å². The Morgan fingerprint density at radius 3 is 2.59 bits per heavy atom. The molecule has 4 rings (SSSR count). The molecule has 0 radical (unpaired) electrons. The first kappa shape index (κ1) is 16.8. The van der Waals surface area contributed by atoms with Gasteiger partial charge >= 0.3 is 0 Å². The van der Waals surface area contributed by atoms with Crippen LogP contribution in [0.5, 0.6) is 5.75 Å². The van der Waals surface area contributed by atoms with Gasteiger partial charge in [0.2, 0.25) is 5.89 Å². The summed E-state index contributed by atoms with van der Waals surface area (Å²) in [5.41, 5.74) is 2.33. The molecule has 1 amide bonds. The first-order chi connectivity index (χ1) is 13.2. The third-order valence-corrected chi connectivity index (χ3v) is 3.88. The van der Waals surface area contributed by atoms with Crippen LogP contribution in [0.1, 0.15) is 0 Å². The molecule has 0 aliphatic heterocycles. The summed E-state index contributed by atoms with van der Waals surface area (Å²) in [6.45, 7) is -0.0809. The van der Waals surface area contributed by atoms with Crippen molar-refractivity contribution in [1.29, 1.82) is 0 Å². The Balaban J connectivity index is 1.41. The van der Waals surface area contributed by atoms with Crippen molar-refractivity contribution in [2.45, 2.75) is 0 Å². The topological polar surface area (TPSA) is 64.4 Å². The van der Waals surface area contributed by atoms with E-state index in [1.807, 2.05) is 18.2 Å². The predicted molar refractivity (Wildman–Crippen MR) is 100.0 cm³/mol. The van der Waals surface area contributed by atoms with Crippen LogP contribution in [0.2, 0.25) is 0 Å². The Morgan fingerprint density at radius 1 is 1.04 bits per heavy atom. The van der Waals surface area contributed by atoms with Crippen molar-refractivity contribution in [3.05, 3.63) is 78.6 Å². The monoisotopic (exact) mass is 362 g/mol. The summed E-state index contributed by atoms with van der Waals surface area (Å²) in [4.78, 5) is 16.3. The molecule has 134 valence electrons. The number of benzene rings is 3. The third-order valence-electron chi connectivity index (χ3n) is 3.88. The Morgan fingerprint density at radius 2 is 1.81 bits per heavy atom. The smallest absolute Gasteiger partial charge is 0.262 e. The van der Waals surface area contributed by atoms with Crippen molar-refractivity contribution in [1.82, 2.24) is 4.98 Å². The van der Waals surface area contributed by atoms with Crippen LogP contribution in [0.3, 0.4) is 0 Å². The first-order valence-corrected chi connectivity index (χ1v) is 8.32. The van der Waals surface area contributed by atoms with Crippen LogP contribution in [-0.2, 0) is 4.79 Å². The first-order valence-electron chi connectivity index (χ1n) is 8.32. The maximum absolute atomic E-state index is 13.3. The van der Waals surface area contributed by atoms with E-state index in [1.54, 1.807) is 42.5 Å². The van der Waals surface area contributed by atoms with Crippen molar-refractivity contribution in [3.63, 3.8) is 0 Å². The Labute approximate surface area is 154 Å². The summed E-state index contributed by atoms with van der Waals surface area (Å²) in [5.74, 6) is 0.401. The minimum Gasteiger partial charge on any atom is -0.484 e. The molecule has 0 bridgehead atoms. The van der Waals surface area contributed by atoms with E-state index in [2.05, 4.69) is 10.3 Å². The van der Waals surface area contributed by atoms with E-state index < -0.39 is 0 Å². The second-order valence-electron chi connectivity index (χ2n) is 5.86. The zero-order valence-electron chi connectivity index (χ0n) is 14.2. The van der Waals surface area contributed by atoms with Gasteiger partial charge in [0.1, 0.15) is 17.1 Å². The number of anilines is 1. The number of oxazole rings is 1. The van der Waals surface area contributed by atoms with Crippen LogP contribution < -0.4 is 10.1 Å². The second kappa shape index (κ2) is 7.29. The van der Waals surface area contributed by atoms with Crippen LogP contribution >= 0.6 is 0 Å². The van der Waals surface area contributed by atoms with Gasteiger partial charge < -0.3 is 14.5 Å². The molecule has 0 atom stereocenters. The number of halogens is 1. The molecule has 0 aliphatic rings. The number of fused-ring (bicyclic) bond motifs is 1. The van der Waals surface area contributed by atoms with Crippen molar-refractivity contribution in [2.24, 2.45) is 0 Å². The molecule has 27 heavy (non-hydrogen) atoms. The van der Waals surface area contributed by atoms with Crippen molar-refractivity contribution < 1.29 is 18.3 Å². The summed E-state index contributed by atoms with van der Waals surface area (Å²) in [6.07, 6.45) is 0. The molecule has 0 saturated heterocycles. The van der Waals surface area contributed by atoms with Gasteiger partial charge in [0.05, 0.1) is 0 Å². The van der Waals surface area contributed by atoms with E-state index in [9.17, 15) is 9.18 Å². The van der Waals surface area contributed by atoms with Gasteiger partial charge in [0.25, 0.3) is 5.91 Å². The van der Waals surface area contributed by atoms with Crippen LogP contribution in [0.25, 0.3) is 22.6 Å². The Bertz CT molecular complexity index is 1080. The molecule has 0 unspecified atom stereocenters. The maximum Gasteiger partial charge on any atom is 0.262 e. The number of carbonyl (C=O) groups excluding carboxylic acids is 1. The fraction of sp³-hybridized carbons (Fsp3) is 0.0476. The molecule has 0 aliphatic carbocycles. The average Bonchev–Trinajstić information content (AvgIpc) is 3.11. The van der Waals surface area contributed by atoms with Crippen molar-refractivity contribution in [3.8, 4) is 17.2 Å². The van der Waals surface area contributed by atoms with Gasteiger partial charge in [0, 0.05) is 17.3 Å². The normalized spacial score (nSPS) is 10.7. The summed E-state index contributed by atoms with van der Waals surface area (Å²) in [6, 6.07) is 20.3. The van der Waals surface area contributed by atoms with Gasteiger partial charge in [-0.1, -0.05) is 18.2 Å². The van der Waals surface area contributed by atoms with Gasteiger partial charge in [-0.3, -0.25) is 4.79 Å². The summed E-state index contributed by atoms with van der Waals surface area (Å²) >= 11 is 0. The zero-order chi connectivity index (χ0) is 18.6. The number of rotatable bonds is 5. The fourth-order valence-corrected chi connectivity index (χ4v) is 2.58. The highest BCUT2D eigenvalue weighted by molar-refractivity contribution is 5.92. The van der Waals surface area contributed by atoms with Crippen molar-refractivity contribution in [2.75, 3.05) is 11.9 Å². The van der Waals surface area contributed by atoms with Crippen LogP contribution in [0, 0.1) is 5.82 Å². The number of hydrogen-bond donors (Lipinski definition) is 1. The minimum absolute atomic E-state index is 0.0809.